The Hall–Kier alpha value is 0.380. The second-order valence-electron chi connectivity index (χ2n) is 6.74. The molecule has 0 aliphatic rings. The van der Waals surface area contributed by atoms with Crippen molar-refractivity contribution in [3.8, 4) is 0 Å². The molecule has 1 N–H and O–H groups in total. The zero-order chi connectivity index (χ0) is 19.7. The van der Waals surface area contributed by atoms with Gasteiger partial charge in [-0.2, -0.15) is 0 Å². The normalized spacial score (nSPS) is 10.7. The van der Waals surface area contributed by atoms with Gasteiger partial charge in [0.25, 0.3) is 0 Å². The summed E-state index contributed by atoms with van der Waals surface area (Å²) < 4.78 is 39.1. The fourth-order valence-corrected chi connectivity index (χ4v) is 3.46. The molecule has 0 heterocycles. The van der Waals surface area contributed by atoms with Crippen LogP contribution >= 0.6 is 11.9 Å². The molecule has 0 aromatic heterocycles. The smallest absolute Gasteiger partial charge is 0.744 e. The Kier molecular flexibility index (Phi) is 21.6. The van der Waals surface area contributed by atoms with E-state index in [1.54, 1.807) is 12.1 Å². The molecule has 0 aliphatic carbocycles. The summed E-state index contributed by atoms with van der Waals surface area (Å²) in [6.45, 7) is 2.26. The van der Waals surface area contributed by atoms with Crippen molar-refractivity contribution >= 4 is 22.0 Å². The molecule has 0 amide bonds. The Morgan fingerprint density at radius 1 is 0.778 bits per heavy atom. The average molecular weight is 429 g/mol. The maximum Gasteiger partial charge on any atom is 1.00 e. The standard InChI is InChI=1S/C20H34O3S.ClHO.Na/c1-2-3-4-5-6-7-8-9-10-11-12-13-14-19-15-17-20(18-16-19)24(21,22)23;1-2;/h15-18H,2-14H2,1H3,(H,21,22,23);2H;/q;;+1/p-1. The van der Waals surface area contributed by atoms with Gasteiger partial charge in [-0.15, -0.1) is 0 Å². The molecule has 0 bridgehead atoms. The van der Waals surface area contributed by atoms with E-state index in [2.05, 4.69) is 18.8 Å². The van der Waals surface area contributed by atoms with Crippen molar-refractivity contribution in [3.63, 3.8) is 0 Å². The van der Waals surface area contributed by atoms with Gasteiger partial charge in [0.05, 0.1) is 16.8 Å². The van der Waals surface area contributed by atoms with E-state index in [1.807, 2.05) is 0 Å². The number of halogens is 1. The number of aryl methyl sites for hydroxylation is 1. The van der Waals surface area contributed by atoms with E-state index in [4.69, 9.17) is 4.66 Å². The van der Waals surface area contributed by atoms with Crippen molar-refractivity contribution in [1.29, 1.82) is 0 Å². The van der Waals surface area contributed by atoms with Crippen LogP contribution in [0.1, 0.15) is 89.5 Å². The topological polar surface area (TPSA) is 77.4 Å². The van der Waals surface area contributed by atoms with Crippen molar-refractivity contribution in [3.05, 3.63) is 29.8 Å². The first kappa shape index (κ1) is 29.6. The summed E-state index contributed by atoms with van der Waals surface area (Å²) >= 11 is 3.64. The molecular formula is C20H34ClNaO4S. The van der Waals surface area contributed by atoms with Crippen LogP contribution < -0.4 is 29.6 Å². The predicted octanol–water partition coefficient (Wildman–Crippen LogP) is 2.97. The maximum atomic E-state index is 10.9. The Morgan fingerprint density at radius 2 is 1.15 bits per heavy atom. The minimum atomic E-state index is -4.32. The Bertz CT molecular complexity index is 535. The van der Waals surface area contributed by atoms with Gasteiger partial charge in [0.2, 0.25) is 0 Å². The second kappa shape index (κ2) is 19.7. The summed E-state index contributed by atoms with van der Waals surface area (Å²) in [5.74, 6) is 0. The molecule has 0 saturated carbocycles. The molecule has 0 atom stereocenters. The van der Waals surface area contributed by atoms with Crippen LogP contribution in [0, 0.1) is 0 Å². The van der Waals surface area contributed by atoms with Crippen LogP contribution in [0.25, 0.3) is 0 Å². The van der Waals surface area contributed by atoms with Gasteiger partial charge in [-0.25, -0.2) is 8.42 Å². The van der Waals surface area contributed by atoms with Crippen LogP contribution in [0.5, 0.6) is 0 Å². The average Bonchev–Trinajstić information content (AvgIpc) is 2.64. The molecule has 152 valence electrons. The summed E-state index contributed by atoms with van der Waals surface area (Å²) in [7, 11) is -4.32. The van der Waals surface area contributed by atoms with Crippen LogP contribution in [-0.2, 0) is 16.5 Å². The van der Waals surface area contributed by atoms with E-state index in [0.29, 0.717) is 0 Å². The molecule has 0 aliphatic heterocycles. The van der Waals surface area contributed by atoms with Gasteiger partial charge in [-0.05, 0) is 30.5 Å². The summed E-state index contributed by atoms with van der Waals surface area (Å²) in [6.07, 6.45) is 16.9. The molecular weight excluding hydrogens is 395 g/mol. The van der Waals surface area contributed by atoms with E-state index in [9.17, 15) is 13.0 Å². The maximum absolute atomic E-state index is 10.9. The molecule has 7 heteroatoms. The van der Waals surface area contributed by atoms with Gasteiger partial charge in [-0.3, -0.25) is 4.66 Å². The van der Waals surface area contributed by atoms with Gasteiger partial charge >= 0.3 is 29.6 Å². The van der Waals surface area contributed by atoms with E-state index in [0.717, 1.165) is 18.4 Å². The number of hydrogen-bond acceptors (Lipinski definition) is 4. The number of benzene rings is 1. The zero-order valence-corrected chi connectivity index (χ0v) is 20.5. The first-order valence-corrected chi connectivity index (χ1v) is 11.5. The first-order valence-electron chi connectivity index (χ1n) is 9.76. The molecule has 0 fully saturated rings. The number of unbranched alkanes of at least 4 members (excludes halogenated alkanes) is 11. The van der Waals surface area contributed by atoms with Crippen LogP contribution in [0.4, 0.5) is 0 Å². The van der Waals surface area contributed by atoms with Gasteiger partial charge in [0, 0.05) is 0 Å². The molecule has 27 heavy (non-hydrogen) atoms. The molecule has 0 spiro atoms. The van der Waals surface area contributed by atoms with Gasteiger partial charge in [0.15, 0.2) is 0 Å². The molecule has 1 rings (SSSR count). The van der Waals surface area contributed by atoms with E-state index in [-0.39, 0.29) is 34.5 Å². The molecule has 1 aromatic rings. The van der Waals surface area contributed by atoms with Crippen molar-refractivity contribution in [2.24, 2.45) is 0 Å². The van der Waals surface area contributed by atoms with Crippen molar-refractivity contribution in [1.82, 2.24) is 0 Å². The van der Waals surface area contributed by atoms with Crippen LogP contribution in [0.3, 0.4) is 0 Å². The quantitative estimate of drug-likeness (QED) is 0.281. The van der Waals surface area contributed by atoms with Crippen molar-refractivity contribution < 1.29 is 47.2 Å². The second-order valence-corrected chi connectivity index (χ2v) is 8.12. The fraction of sp³-hybridized carbons (Fsp3) is 0.700. The van der Waals surface area contributed by atoms with Crippen LogP contribution in [0.2, 0.25) is 0 Å². The molecule has 0 unspecified atom stereocenters. The van der Waals surface area contributed by atoms with Crippen LogP contribution in [0.15, 0.2) is 29.2 Å². The minimum Gasteiger partial charge on any atom is -0.744 e. The van der Waals surface area contributed by atoms with Crippen molar-refractivity contribution in [2.45, 2.75) is 95.3 Å². The third-order valence-electron chi connectivity index (χ3n) is 4.53. The van der Waals surface area contributed by atoms with Gasteiger partial charge in [0.1, 0.15) is 10.1 Å². The molecule has 0 saturated heterocycles. The van der Waals surface area contributed by atoms with Crippen molar-refractivity contribution in [2.75, 3.05) is 0 Å². The number of rotatable bonds is 14. The summed E-state index contributed by atoms with van der Waals surface area (Å²) in [5, 5.41) is 0. The van der Waals surface area contributed by atoms with Crippen LogP contribution in [-0.4, -0.2) is 17.6 Å². The predicted molar refractivity (Wildman–Crippen MR) is 107 cm³/mol. The zero-order valence-electron chi connectivity index (χ0n) is 17.0. The van der Waals surface area contributed by atoms with E-state index in [1.165, 1.54) is 82.8 Å². The Morgan fingerprint density at radius 3 is 1.52 bits per heavy atom. The van der Waals surface area contributed by atoms with E-state index < -0.39 is 10.1 Å². The Labute approximate surface area is 193 Å². The largest absolute Gasteiger partial charge is 1.00 e. The first-order chi connectivity index (χ1) is 12.5. The third-order valence-corrected chi connectivity index (χ3v) is 5.38. The van der Waals surface area contributed by atoms with Gasteiger partial charge < -0.3 is 4.55 Å². The Balaban J connectivity index is 0. The summed E-state index contributed by atoms with van der Waals surface area (Å²) in [5.41, 5.74) is 1.11. The fourth-order valence-electron chi connectivity index (χ4n) is 2.99. The van der Waals surface area contributed by atoms with E-state index >= 15 is 0 Å². The summed E-state index contributed by atoms with van der Waals surface area (Å²) in [4.78, 5) is -0.138. The number of hydrogen-bond donors (Lipinski definition) is 1. The third kappa shape index (κ3) is 17.0. The monoisotopic (exact) mass is 428 g/mol. The molecule has 1 aromatic carbocycles. The molecule has 4 nitrogen and oxygen atoms in total. The summed E-state index contributed by atoms with van der Waals surface area (Å²) in [6, 6.07) is 6.34. The van der Waals surface area contributed by atoms with Gasteiger partial charge in [-0.1, -0.05) is 89.7 Å². The SMILES string of the molecule is CCCCCCCCCCCCCCc1ccc(S(=O)(=O)[O-])cc1.OCl.[Na+]. The molecule has 0 radical (unpaired) electrons. The minimum absolute atomic E-state index is 0.